The first-order valence-corrected chi connectivity index (χ1v) is 11.7. The molecule has 0 spiro atoms. The minimum atomic E-state index is -3.77. The molecule has 1 aromatic carbocycles. The molecule has 2 aromatic rings. The summed E-state index contributed by atoms with van der Waals surface area (Å²) in [5.41, 5.74) is 1.59. The van der Waals surface area contributed by atoms with Gasteiger partial charge in [0.15, 0.2) is 0 Å². The van der Waals surface area contributed by atoms with E-state index in [9.17, 15) is 23.1 Å². The van der Waals surface area contributed by atoms with Crippen molar-refractivity contribution in [3.05, 3.63) is 45.6 Å². The molecule has 1 amide bonds. The first-order chi connectivity index (χ1) is 13.7. The van der Waals surface area contributed by atoms with Gasteiger partial charge in [-0.15, -0.1) is 11.3 Å². The van der Waals surface area contributed by atoms with Crippen LogP contribution in [0.3, 0.4) is 0 Å². The highest BCUT2D eigenvalue weighted by Gasteiger charge is 2.33. The van der Waals surface area contributed by atoms with E-state index in [1.807, 2.05) is 19.9 Å². The number of aliphatic carboxylic acids is 1. The predicted molar refractivity (Wildman–Crippen MR) is 112 cm³/mol. The van der Waals surface area contributed by atoms with Crippen molar-refractivity contribution in [1.82, 2.24) is 4.31 Å². The number of piperidine rings is 1. The number of carbonyl (C=O) groups excluding carboxylic acids is 1. The van der Waals surface area contributed by atoms with Crippen molar-refractivity contribution < 1.29 is 23.1 Å². The molecule has 1 aliphatic rings. The second-order valence-corrected chi connectivity index (χ2v) is 10.2. The lowest BCUT2D eigenvalue weighted by Gasteiger charge is -2.29. The van der Waals surface area contributed by atoms with E-state index in [4.69, 9.17) is 0 Å². The minimum Gasteiger partial charge on any atom is -0.481 e. The van der Waals surface area contributed by atoms with E-state index in [1.165, 1.54) is 27.8 Å². The Morgan fingerprint density at radius 3 is 2.55 bits per heavy atom. The van der Waals surface area contributed by atoms with Crippen LogP contribution < -0.4 is 5.32 Å². The maximum Gasteiger partial charge on any atom is 0.307 e. The molecule has 0 bridgehead atoms. The molecule has 1 aliphatic heterocycles. The van der Waals surface area contributed by atoms with Gasteiger partial charge < -0.3 is 10.4 Å². The summed E-state index contributed by atoms with van der Waals surface area (Å²) in [5.74, 6) is -1.88. The van der Waals surface area contributed by atoms with Crippen LogP contribution in [-0.4, -0.2) is 42.8 Å². The lowest BCUT2D eigenvalue weighted by molar-refractivity contribution is -0.142. The zero-order chi connectivity index (χ0) is 21.2. The first-order valence-electron chi connectivity index (χ1n) is 9.46. The predicted octanol–water partition coefficient (Wildman–Crippen LogP) is 3.36. The molecule has 0 aliphatic carbocycles. The molecular formula is C20H24N2O5S2. The highest BCUT2D eigenvalue weighted by molar-refractivity contribution is 7.89. The number of benzene rings is 1. The van der Waals surface area contributed by atoms with E-state index in [0.717, 1.165) is 16.9 Å². The average Bonchev–Trinajstić information content (AvgIpc) is 3.09. The number of nitrogens with one attached hydrogen (secondary N) is 1. The van der Waals surface area contributed by atoms with Gasteiger partial charge in [0.25, 0.3) is 5.91 Å². The molecule has 2 N–H and O–H groups in total. The smallest absolute Gasteiger partial charge is 0.307 e. The number of hydrogen-bond donors (Lipinski definition) is 2. The molecule has 0 unspecified atom stereocenters. The van der Waals surface area contributed by atoms with Crippen LogP contribution in [0.25, 0.3) is 0 Å². The van der Waals surface area contributed by atoms with Gasteiger partial charge in [-0.05, 0) is 62.1 Å². The van der Waals surface area contributed by atoms with Crippen LogP contribution in [0.1, 0.15) is 39.9 Å². The third-order valence-electron chi connectivity index (χ3n) is 5.05. The van der Waals surface area contributed by atoms with Gasteiger partial charge in [0.1, 0.15) is 0 Å². The SMILES string of the molecule is CCc1sc(C(=O)Nc2ccc(S(=O)(=O)N3CCC[C@H](C(=O)O)C3)cc2)cc1C. The Labute approximate surface area is 174 Å². The van der Waals surface area contributed by atoms with Crippen LogP contribution >= 0.6 is 11.3 Å². The Balaban J connectivity index is 1.72. The fourth-order valence-corrected chi connectivity index (χ4v) is 5.93. The van der Waals surface area contributed by atoms with Crippen LogP contribution in [-0.2, 0) is 21.2 Å². The highest BCUT2D eigenvalue weighted by atomic mass is 32.2. The number of sulfonamides is 1. The van der Waals surface area contributed by atoms with Crippen LogP contribution in [0.15, 0.2) is 35.2 Å². The Morgan fingerprint density at radius 2 is 1.97 bits per heavy atom. The fraction of sp³-hybridized carbons (Fsp3) is 0.400. The van der Waals surface area contributed by atoms with Gasteiger partial charge in [-0.3, -0.25) is 9.59 Å². The number of rotatable bonds is 6. The number of carboxylic acid groups (broad SMARTS) is 1. The summed E-state index contributed by atoms with van der Waals surface area (Å²) in [4.78, 5) is 25.5. The highest BCUT2D eigenvalue weighted by Crippen LogP contribution is 2.26. The van der Waals surface area contributed by atoms with Gasteiger partial charge in [-0.2, -0.15) is 4.31 Å². The zero-order valence-corrected chi connectivity index (χ0v) is 18.0. The minimum absolute atomic E-state index is 0.0202. The van der Waals surface area contributed by atoms with Crippen molar-refractivity contribution in [3.8, 4) is 0 Å². The lowest BCUT2D eigenvalue weighted by Crippen LogP contribution is -2.42. The summed E-state index contributed by atoms with van der Waals surface area (Å²) in [5, 5.41) is 12.0. The molecule has 1 saturated heterocycles. The standard InChI is InChI=1S/C20H24N2O5S2/c1-3-17-13(2)11-18(28-17)19(23)21-15-6-8-16(9-7-15)29(26,27)22-10-4-5-14(12-22)20(24)25/h6-9,11,14H,3-5,10,12H2,1-2H3,(H,21,23)(H,24,25)/t14-/m0/s1. The van der Waals surface area contributed by atoms with Crippen molar-refractivity contribution in [2.75, 3.05) is 18.4 Å². The molecule has 7 nitrogen and oxygen atoms in total. The van der Waals surface area contributed by atoms with Crippen molar-refractivity contribution in [2.24, 2.45) is 5.92 Å². The average molecular weight is 437 g/mol. The van der Waals surface area contributed by atoms with E-state index < -0.39 is 21.9 Å². The molecule has 3 rings (SSSR count). The van der Waals surface area contributed by atoms with Gasteiger partial charge in [0.05, 0.1) is 15.7 Å². The molecular weight excluding hydrogens is 412 g/mol. The van der Waals surface area contributed by atoms with Gasteiger partial charge in [-0.25, -0.2) is 8.42 Å². The molecule has 29 heavy (non-hydrogen) atoms. The van der Waals surface area contributed by atoms with Crippen LogP contribution in [0.5, 0.6) is 0 Å². The van der Waals surface area contributed by atoms with Crippen LogP contribution in [0, 0.1) is 12.8 Å². The Morgan fingerprint density at radius 1 is 1.28 bits per heavy atom. The monoisotopic (exact) mass is 436 g/mol. The van der Waals surface area contributed by atoms with Gasteiger partial charge in [0.2, 0.25) is 10.0 Å². The van der Waals surface area contributed by atoms with Crippen molar-refractivity contribution in [3.63, 3.8) is 0 Å². The van der Waals surface area contributed by atoms with Crippen molar-refractivity contribution in [2.45, 2.75) is 38.0 Å². The molecule has 9 heteroatoms. The first kappa shape index (κ1) is 21.5. The number of carboxylic acids is 1. The van der Waals surface area contributed by atoms with Crippen LogP contribution in [0.2, 0.25) is 0 Å². The largest absolute Gasteiger partial charge is 0.481 e. The molecule has 2 heterocycles. The summed E-state index contributed by atoms with van der Waals surface area (Å²) in [6.07, 6.45) is 1.87. The molecule has 1 atom stereocenters. The molecule has 0 radical (unpaired) electrons. The summed E-state index contributed by atoms with van der Waals surface area (Å²) >= 11 is 1.45. The van der Waals surface area contributed by atoms with E-state index in [2.05, 4.69) is 5.32 Å². The second-order valence-electron chi connectivity index (χ2n) is 7.09. The molecule has 156 valence electrons. The summed E-state index contributed by atoms with van der Waals surface area (Å²) < 4.78 is 26.9. The number of hydrogen-bond acceptors (Lipinski definition) is 5. The number of amides is 1. The Bertz CT molecular complexity index is 1010. The maximum absolute atomic E-state index is 12.8. The number of nitrogens with zero attached hydrogens (tertiary/aromatic N) is 1. The summed E-state index contributed by atoms with van der Waals surface area (Å²) in [7, 11) is -3.77. The number of aryl methyl sites for hydroxylation is 2. The second kappa shape index (κ2) is 8.64. The Hall–Kier alpha value is -2.23. The zero-order valence-electron chi connectivity index (χ0n) is 16.3. The van der Waals surface area contributed by atoms with E-state index in [1.54, 1.807) is 12.1 Å². The molecule has 1 fully saturated rings. The summed E-state index contributed by atoms with van der Waals surface area (Å²) in [6.45, 7) is 4.30. The molecule has 0 saturated carbocycles. The number of carbonyl (C=O) groups is 2. The lowest BCUT2D eigenvalue weighted by atomic mass is 10.0. The number of anilines is 1. The van der Waals surface area contributed by atoms with Crippen LogP contribution in [0.4, 0.5) is 5.69 Å². The third kappa shape index (κ3) is 4.68. The Kier molecular flexibility index (Phi) is 6.40. The van der Waals surface area contributed by atoms with Gasteiger partial charge >= 0.3 is 5.97 Å². The summed E-state index contributed by atoms with van der Waals surface area (Å²) in [6, 6.07) is 7.82. The van der Waals surface area contributed by atoms with Gasteiger partial charge in [0, 0.05) is 23.7 Å². The topological polar surface area (TPSA) is 104 Å². The molecule has 1 aromatic heterocycles. The fourth-order valence-electron chi connectivity index (χ4n) is 3.40. The van der Waals surface area contributed by atoms with E-state index in [-0.39, 0.29) is 17.3 Å². The van der Waals surface area contributed by atoms with E-state index in [0.29, 0.717) is 30.0 Å². The third-order valence-corrected chi connectivity index (χ3v) is 8.31. The quantitative estimate of drug-likeness (QED) is 0.723. The number of thiophene rings is 1. The van der Waals surface area contributed by atoms with Gasteiger partial charge in [-0.1, -0.05) is 6.92 Å². The van der Waals surface area contributed by atoms with Crippen molar-refractivity contribution in [1.29, 1.82) is 0 Å². The normalized spacial score (nSPS) is 17.8. The maximum atomic E-state index is 12.8. The van der Waals surface area contributed by atoms with Crippen molar-refractivity contribution >= 4 is 38.9 Å². The van der Waals surface area contributed by atoms with E-state index >= 15 is 0 Å².